The molecule has 0 radical (unpaired) electrons. The molecule has 6 heteroatoms. The number of nitrogens with two attached hydrogens (primary N) is 1. The van der Waals surface area contributed by atoms with Crippen molar-refractivity contribution < 1.29 is 0 Å². The predicted molar refractivity (Wildman–Crippen MR) is 134 cm³/mol. The minimum absolute atomic E-state index is 0.0960. The van der Waals surface area contributed by atoms with Gasteiger partial charge < -0.3 is 21.4 Å². The van der Waals surface area contributed by atoms with E-state index in [0.717, 1.165) is 55.0 Å². The molecule has 6 nitrogen and oxygen atoms in total. The first-order valence-corrected chi connectivity index (χ1v) is 11.7. The van der Waals surface area contributed by atoms with E-state index in [1.54, 1.807) is 6.20 Å². The molecule has 1 aromatic heterocycles. The number of aliphatic imine (C=N–C) groups is 1. The van der Waals surface area contributed by atoms with E-state index in [1.165, 1.54) is 6.42 Å². The fourth-order valence-corrected chi connectivity index (χ4v) is 4.52. The van der Waals surface area contributed by atoms with Crippen LogP contribution in [0.4, 0.5) is 0 Å². The summed E-state index contributed by atoms with van der Waals surface area (Å²) in [4.78, 5) is 12.7. The van der Waals surface area contributed by atoms with Gasteiger partial charge in [-0.1, -0.05) is 42.3 Å². The number of allylic oxidation sites excluding steroid dienone is 1. The summed E-state index contributed by atoms with van der Waals surface area (Å²) < 4.78 is 0. The number of amidine groups is 1. The third kappa shape index (κ3) is 5.54. The second kappa shape index (κ2) is 10.5. The Bertz CT molecular complexity index is 1130. The van der Waals surface area contributed by atoms with Crippen LogP contribution in [-0.2, 0) is 0 Å². The van der Waals surface area contributed by atoms with Crippen molar-refractivity contribution in [2.75, 3.05) is 13.1 Å². The molecule has 4 rings (SSSR count). The van der Waals surface area contributed by atoms with Crippen molar-refractivity contribution in [1.82, 2.24) is 20.6 Å². The number of hydrogen-bond donors (Lipinski definition) is 4. The minimum Gasteiger partial charge on any atom is -0.386 e. The number of hydrogen-bond acceptors (Lipinski definition) is 4. The summed E-state index contributed by atoms with van der Waals surface area (Å²) in [5.74, 6) is 13.9. The monoisotopic (exact) mass is 440 g/mol. The number of aromatic nitrogens is 2. The zero-order chi connectivity index (χ0) is 23.1. The third-order valence-electron chi connectivity index (χ3n) is 6.22. The van der Waals surface area contributed by atoms with Gasteiger partial charge in [0.25, 0.3) is 0 Å². The number of imidazole rings is 1. The highest BCUT2D eigenvalue weighted by molar-refractivity contribution is 5.89. The van der Waals surface area contributed by atoms with Crippen LogP contribution in [0.2, 0.25) is 0 Å². The lowest BCUT2D eigenvalue weighted by Gasteiger charge is -2.25. The highest BCUT2D eigenvalue weighted by atomic mass is 15.0. The van der Waals surface area contributed by atoms with Gasteiger partial charge in [-0.3, -0.25) is 0 Å². The van der Waals surface area contributed by atoms with Crippen molar-refractivity contribution in [1.29, 1.82) is 0 Å². The molecule has 2 aliphatic rings. The Balaban J connectivity index is 1.62. The van der Waals surface area contributed by atoms with Gasteiger partial charge in [-0.25, -0.2) is 9.98 Å². The SMILES string of the molecule is C/C=C(/c1ccccc1)C(C)(C#CC#Cc1cnc([C@@H]2CCCN2)[nH]1)/N=C(\N)[C@@H]1CCCN1. The van der Waals surface area contributed by atoms with E-state index in [2.05, 4.69) is 62.5 Å². The highest BCUT2D eigenvalue weighted by Gasteiger charge is 2.29. The van der Waals surface area contributed by atoms with Gasteiger partial charge in [0.2, 0.25) is 0 Å². The molecule has 0 spiro atoms. The molecule has 5 N–H and O–H groups in total. The van der Waals surface area contributed by atoms with Crippen molar-refractivity contribution in [2.45, 2.75) is 57.2 Å². The van der Waals surface area contributed by atoms with Gasteiger partial charge in [-0.05, 0) is 81.5 Å². The fraction of sp³-hybridized carbons (Fsp3) is 0.407. The first kappa shape index (κ1) is 22.9. The molecule has 0 bridgehead atoms. The standard InChI is InChI=1S/C27H32N6/c1-3-22(20-11-5-4-6-12-20)27(2,33-25(28)23-14-9-17-29-23)16-8-7-13-21-19-31-26(32-21)24-15-10-18-30-24/h3-6,11-12,19,23-24,29-30H,9-10,14-15,17-18H2,1-2H3,(H2,28,33)(H,31,32)/b22-3-/t23-,24-,27?/m0/s1. The van der Waals surface area contributed by atoms with Crippen LogP contribution in [0.3, 0.4) is 0 Å². The fourth-order valence-electron chi connectivity index (χ4n) is 4.52. The van der Waals surface area contributed by atoms with E-state index in [9.17, 15) is 0 Å². The van der Waals surface area contributed by atoms with Crippen LogP contribution < -0.4 is 16.4 Å². The van der Waals surface area contributed by atoms with Gasteiger partial charge in [0.05, 0.1) is 18.3 Å². The lowest BCUT2D eigenvalue weighted by atomic mass is 9.87. The molecule has 33 heavy (non-hydrogen) atoms. The van der Waals surface area contributed by atoms with Crippen LogP contribution in [0.1, 0.15) is 62.7 Å². The van der Waals surface area contributed by atoms with Gasteiger partial charge in [-0.15, -0.1) is 0 Å². The Morgan fingerprint density at radius 3 is 2.64 bits per heavy atom. The first-order valence-electron chi connectivity index (χ1n) is 11.7. The maximum Gasteiger partial charge on any atom is 0.146 e. The second-order valence-electron chi connectivity index (χ2n) is 8.66. The van der Waals surface area contributed by atoms with Crippen molar-refractivity contribution in [3.05, 3.63) is 59.7 Å². The number of rotatable bonds is 5. The summed E-state index contributed by atoms with van der Waals surface area (Å²) in [5.41, 5.74) is 8.46. The van der Waals surface area contributed by atoms with Crippen LogP contribution in [0.25, 0.3) is 5.57 Å². The summed E-state index contributed by atoms with van der Waals surface area (Å²) in [6.45, 7) is 6.01. The van der Waals surface area contributed by atoms with Crippen LogP contribution in [-0.4, -0.2) is 40.5 Å². The number of benzene rings is 1. The molecule has 3 heterocycles. The van der Waals surface area contributed by atoms with E-state index >= 15 is 0 Å². The maximum absolute atomic E-state index is 6.43. The minimum atomic E-state index is -0.813. The Morgan fingerprint density at radius 1 is 1.15 bits per heavy atom. The third-order valence-corrected chi connectivity index (χ3v) is 6.22. The van der Waals surface area contributed by atoms with E-state index in [4.69, 9.17) is 10.7 Å². The average molecular weight is 441 g/mol. The van der Waals surface area contributed by atoms with E-state index in [-0.39, 0.29) is 6.04 Å². The van der Waals surface area contributed by atoms with Crippen molar-refractivity contribution in [3.63, 3.8) is 0 Å². The Morgan fingerprint density at radius 2 is 1.94 bits per heavy atom. The lowest BCUT2D eigenvalue weighted by Crippen LogP contribution is -2.39. The molecule has 2 aromatic rings. The van der Waals surface area contributed by atoms with Gasteiger partial charge in [-0.2, -0.15) is 0 Å². The van der Waals surface area contributed by atoms with Gasteiger partial charge in [0.1, 0.15) is 22.9 Å². The largest absolute Gasteiger partial charge is 0.386 e. The molecule has 170 valence electrons. The van der Waals surface area contributed by atoms with Crippen LogP contribution in [0, 0.1) is 23.7 Å². The first-order chi connectivity index (χ1) is 16.1. The normalized spacial score (nSPS) is 22.7. The van der Waals surface area contributed by atoms with E-state index in [0.29, 0.717) is 11.9 Å². The molecule has 1 unspecified atom stereocenters. The molecular weight excluding hydrogens is 408 g/mol. The molecular formula is C27H32N6. The maximum atomic E-state index is 6.43. The Hall–Kier alpha value is -3.32. The molecule has 0 amide bonds. The summed E-state index contributed by atoms with van der Waals surface area (Å²) in [5, 5.41) is 6.86. The average Bonchev–Trinajstić information content (AvgIpc) is 3.60. The Kier molecular flexibility index (Phi) is 7.29. The van der Waals surface area contributed by atoms with Gasteiger partial charge >= 0.3 is 0 Å². The summed E-state index contributed by atoms with van der Waals surface area (Å²) in [6.07, 6.45) is 8.20. The van der Waals surface area contributed by atoms with Crippen LogP contribution >= 0.6 is 0 Å². The number of nitrogens with one attached hydrogen (secondary N) is 3. The number of nitrogens with zero attached hydrogens (tertiary/aromatic N) is 2. The number of H-pyrrole nitrogens is 1. The molecule has 2 fully saturated rings. The topological polar surface area (TPSA) is 91.1 Å². The van der Waals surface area contributed by atoms with Gasteiger partial charge in [0.15, 0.2) is 0 Å². The molecule has 2 saturated heterocycles. The molecule has 1 aromatic carbocycles. The summed E-state index contributed by atoms with van der Waals surface area (Å²) >= 11 is 0. The number of aromatic amines is 1. The Labute approximate surface area is 196 Å². The summed E-state index contributed by atoms with van der Waals surface area (Å²) in [7, 11) is 0. The van der Waals surface area contributed by atoms with E-state index < -0.39 is 5.54 Å². The molecule has 0 saturated carbocycles. The van der Waals surface area contributed by atoms with Crippen molar-refractivity contribution in [2.24, 2.45) is 10.7 Å². The van der Waals surface area contributed by atoms with Crippen LogP contribution in [0.15, 0.2) is 47.6 Å². The van der Waals surface area contributed by atoms with Gasteiger partial charge in [0, 0.05) is 0 Å². The zero-order valence-electron chi connectivity index (χ0n) is 19.4. The molecule has 0 aliphatic carbocycles. The lowest BCUT2D eigenvalue weighted by molar-refractivity contribution is 0.612. The predicted octanol–water partition coefficient (Wildman–Crippen LogP) is 3.16. The quantitative estimate of drug-likeness (QED) is 0.327. The summed E-state index contributed by atoms with van der Waals surface area (Å²) in [6, 6.07) is 10.6. The van der Waals surface area contributed by atoms with Crippen LogP contribution in [0.5, 0.6) is 0 Å². The second-order valence-corrected chi connectivity index (χ2v) is 8.66. The van der Waals surface area contributed by atoms with Crippen molar-refractivity contribution >= 4 is 11.4 Å². The van der Waals surface area contributed by atoms with Crippen molar-refractivity contribution in [3.8, 4) is 23.7 Å². The highest BCUT2D eigenvalue weighted by Crippen LogP contribution is 2.31. The molecule has 3 atom stereocenters. The van der Waals surface area contributed by atoms with E-state index in [1.807, 2.05) is 32.0 Å². The smallest absolute Gasteiger partial charge is 0.146 e. The molecule has 2 aliphatic heterocycles. The zero-order valence-corrected chi connectivity index (χ0v) is 19.4.